The number of phenolic OH excluding ortho intramolecular Hbond substituents is 1. The minimum Gasteiger partial charge on any atom is -0.507 e. The number of aryl methyl sites for hydroxylation is 2. The summed E-state index contributed by atoms with van der Waals surface area (Å²) in [5.41, 5.74) is 10.2. The van der Waals surface area contributed by atoms with Crippen molar-refractivity contribution in [1.82, 2.24) is 14.5 Å². The number of rotatable bonds is 7. The number of para-hydroxylation sites is 1. The van der Waals surface area contributed by atoms with Crippen LogP contribution in [-0.2, 0) is 33.9 Å². The van der Waals surface area contributed by atoms with Gasteiger partial charge in [-0.3, -0.25) is 9.97 Å². The van der Waals surface area contributed by atoms with Crippen molar-refractivity contribution in [1.29, 1.82) is 0 Å². The number of hydrogen-bond acceptors (Lipinski definition) is 3. The Morgan fingerprint density at radius 1 is 0.711 bits per heavy atom. The molecular formula is C40H32N3OPt-. The van der Waals surface area contributed by atoms with E-state index in [-0.39, 0.29) is 26.8 Å². The molecule has 0 amide bonds. The number of pyridine rings is 1. The van der Waals surface area contributed by atoms with Gasteiger partial charge in [0.15, 0.2) is 0 Å². The van der Waals surface area contributed by atoms with E-state index in [2.05, 4.69) is 90.1 Å². The van der Waals surface area contributed by atoms with Gasteiger partial charge in [0.1, 0.15) is 5.75 Å². The van der Waals surface area contributed by atoms with Gasteiger partial charge in [-0.2, -0.15) is 0 Å². The molecule has 45 heavy (non-hydrogen) atoms. The van der Waals surface area contributed by atoms with Crippen molar-refractivity contribution in [3.8, 4) is 34.1 Å². The molecule has 4 nitrogen and oxygen atoms in total. The SMILES string of the molecule is Cc1cc(C)cc(-n2cc(-c3cccc(Cc4ccccc4Cc4cncc5ccccc45)c3O)nc2-c2[c-]cccc2)c1.[Pt]. The van der Waals surface area contributed by atoms with E-state index < -0.39 is 0 Å². The Morgan fingerprint density at radius 3 is 2.16 bits per heavy atom. The molecule has 0 aliphatic rings. The second kappa shape index (κ2) is 13.1. The fraction of sp³-hybridized carbons (Fsp3) is 0.100. The molecule has 0 spiro atoms. The fourth-order valence-electron chi connectivity index (χ4n) is 6.09. The fourth-order valence-corrected chi connectivity index (χ4v) is 6.09. The largest absolute Gasteiger partial charge is 0.507 e. The summed E-state index contributed by atoms with van der Waals surface area (Å²) in [6.45, 7) is 4.21. The maximum Gasteiger partial charge on any atom is 0.128 e. The van der Waals surface area contributed by atoms with Crippen molar-refractivity contribution in [2.45, 2.75) is 26.7 Å². The van der Waals surface area contributed by atoms with Gasteiger partial charge < -0.3 is 9.67 Å². The molecule has 7 aromatic rings. The monoisotopic (exact) mass is 765 g/mol. The van der Waals surface area contributed by atoms with E-state index in [1.807, 2.05) is 67.1 Å². The summed E-state index contributed by atoms with van der Waals surface area (Å²) in [4.78, 5) is 9.56. The summed E-state index contributed by atoms with van der Waals surface area (Å²) in [6, 6.07) is 40.5. The Morgan fingerprint density at radius 2 is 1.40 bits per heavy atom. The van der Waals surface area contributed by atoms with Crippen LogP contribution in [0, 0.1) is 19.9 Å². The Hall–Kier alpha value is -4.79. The second-order valence-electron chi connectivity index (χ2n) is 11.4. The van der Waals surface area contributed by atoms with Crippen molar-refractivity contribution in [3.05, 3.63) is 167 Å². The molecule has 2 heterocycles. The van der Waals surface area contributed by atoms with Gasteiger partial charge in [0.2, 0.25) is 0 Å². The van der Waals surface area contributed by atoms with Gasteiger partial charge in [0.05, 0.1) is 11.5 Å². The summed E-state index contributed by atoms with van der Waals surface area (Å²) in [5.74, 6) is 1.03. The van der Waals surface area contributed by atoms with Crippen LogP contribution in [0.25, 0.3) is 39.1 Å². The summed E-state index contributed by atoms with van der Waals surface area (Å²) < 4.78 is 2.10. The molecular weight excluding hydrogens is 734 g/mol. The standard InChI is InChI=1S/C40H32N3O.Pt/c1-27-19-28(2)21-35(20-27)43-26-38(42-40(43)29-11-4-3-5-12-29)37-18-10-16-32(39(37)44)22-30-13-6-7-14-31(30)23-34-25-41-24-33-15-8-9-17-36(33)34;/h3-11,13-21,24-26,44H,22-23H2,1-2H3;/q-1;. The van der Waals surface area contributed by atoms with Crippen LogP contribution in [0.2, 0.25) is 0 Å². The average molecular weight is 766 g/mol. The molecule has 0 aliphatic heterocycles. The van der Waals surface area contributed by atoms with Gasteiger partial charge in [-0.1, -0.05) is 66.7 Å². The minimum absolute atomic E-state index is 0. The third kappa shape index (κ3) is 6.25. The molecule has 5 heteroatoms. The predicted octanol–water partition coefficient (Wildman–Crippen LogP) is 9.06. The van der Waals surface area contributed by atoms with Crippen LogP contribution in [0.15, 0.2) is 128 Å². The van der Waals surface area contributed by atoms with Crippen molar-refractivity contribution >= 4 is 10.8 Å². The van der Waals surface area contributed by atoms with Gasteiger partial charge >= 0.3 is 0 Å². The van der Waals surface area contributed by atoms with Crippen LogP contribution in [0.3, 0.4) is 0 Å². The third-order valence-corrected chi connectivity index (χ3v) is 8.17. The smallest absolute Gasteiger partial charge is 0.128 e. The number of phenols is 1. The summed E-state index contributed by atoms with van der Waals surface area (Å²) in [7, 11) is 0. The quantitative estimate of drug-likeness (QED) is 0.165. The first-order chi connectivity index (χ1) is 21.5. The minimum atomic E-state index is 0. The molecule has 0 unspecified atom stereocenters. The topological polar surface area (TPSA) is 50.9 Å². The Balaban J connectivity index is 0.00000357. The van der Waals surface area contributed by atoms with E-state index >= 15 is 0 Å². The van der Waals surface area contributed by atoms with Gasteiger partial charge in [-0.15, -0.1) is 35.9 Å². The maximum absolute atomic E-state index is 11.7. The number of aromatic nitrogens is 3. The van der Waals surface area contributed by atoms with Gasteiger partial charge in [-0.05, 0) is 77.2 Å². The molecule has 0 aliphatic carbocycles. The Bertz CT molecular complexity index is 2090. The molecule has 5 aromatic carbocycles. The molecule has 224 valence electrons. The van der Waals surface area contributed by atoms with Gasteiger partial charge in [-0.25, -0.2) is 0 Å². The molecule has 1 N–H and O–H groups in total. The van der Waals surface area contributed by atoms with Gasteiger partial charge in [0, 0.05) is 62.7 Å². The van der Waals surface area contributed by atoms with Crippen LogP contribution in [0.5, 0.6) is 5.75 Å². The van der Waals surface area contributed by atoms with E-state index in [0.717, 1.165) is 34.4 Å². The second-order valence-corrected chi connectivity index (χ2v) is 11.4. The molecule has 0 radical (unpaired) electrons. The van der Waals surface area contributed by atoms with Crippen LogP contribution < -0.4 is 0 Å². The molecule has 0 saturated carbocycles. The normalized spacial score (nSPS) is 11.0. The van der Waals surface area contributed by atoms with Crippen LogP contribution in [-0.4, -0.2) is 19.6 Å². The molecule has 2 aromatic heterocycles. The first kappa shape index (κ1) is 30.2. The van der Waals surface area contributed by atoms with Crippen molar-refractivity contribution in [2.75, 3.05) is 0 Å². The first-order valence-corrected chi connectivity index (χ1v) is 14.9. The summed E-state index contributed by atoms with van der Waals surface area (Å²) in [6.07, 6.45) is 7.26. The maximum atomic E-state index is 11.7. The van der Waals surface area contributed by atoms with Crippen molar-refractivity contribution < 1.29 is 26.2 Å². The van der Waals surface area contributed by atoms with Crippen LogP contribution in [0.1, 0.15) is 33.4 Å². The molecule has 0 fully saturated rings. The molecule has 0 saturated heterocycles. The van der Waals surface area contributed by atoms with E-state index in [4.69, 9.17) is 4.98 Å². The number of aromatic hydroxyl groups is 1. The molecule has 0 atom stereocenters. The van der Waals surface area contributed by atoms with E-state index in [0.29, 0.717) is 17.7 Å². The van der Waals surface area contributed by atoms with E-state index in [1.165, 1.54) is 33.2 Å². The number of nitrogens with zero attached hydrogens (tertiary/aromatic N) is 3. The number of fused-ring (bicyclic) bond motifs is 1. The Labute approximate surface area is 278 Å². The predicted molar refractivity (Wildman–Crippen MR) is 178 cm³/mol. The van der Waals surface area contributed by atoms with Crippen LogP contribution >= 0.6 is 0 Å². The third-order valence-electron chi connectivity index (χ3n) is 8.17. The zero-order valence-corrected chi connectivity index (χ0v) is 27.4. The van der Waals surface area contributed by atoms with E-state index in [1.54, 1.807) is 0 Å². The van der Waals surface area contributed by atoms with Crippen LogP contribution in [0.4, 0.5) is 0 Å². The van der Waals surface area contributed by atoms with Crippen molar-refractivity contribution in [2.24, 2.45) is 0 Å². The average Bonchev–Trinajstić information content (AvgIpc) is 3.49. The van der Waals surface area contributed by atoms with Crippen molar-refractivity contribution in [3.63, 3.8) is 0 Å². The molecule has 0 bridgehead atoms. The zero-order chi connectivity index (χ0) is 30.0. The number of hydrogen-bond donors (Lipinski definition) is 1. The first-order valence-electron chi connectivity index (χ1n) is 14.9. The number of benzene rings is 5. The molecule has 7 rings (SSSR count). The summed E-state index contributed by atoms with van der Waals surface area (Å²) in [5, 5.41) is 14.0. The number of imidazole rings is 1. The zero-order valence-electron chi connectivity index (χ0n) is 25.1. The van der Waals surface area contributed by atoms with E-state index in [9.17, 15) is 5.11 Å². The van der Waals surface area contributed by atoms with Gasteiger partial charge in [0.25, 0.3) is 0 Å². The summed E-state index contributed by atoms with van der Waals surface area (Å²) >= 11 is 0. The Kier molecular flexibility index (Phi) is 8.78.